The third-order valence-electron chi connectivity index (χ3n) is 3.83. The summed E-state index contributed by atoms with van der Waals surface area (Å²) in [6.07, 6.45) is 5.59. The van der Waals surface area contributed by atoms with Gasteiger partial charge in [0.1, 0.15) is 11.6 Å². The lowest BCUT2D eigenvalue weighted by Gasteiger charge is -2.13. The van der Waals surface area contributed by atoms with E-state index in [2.05, 4.69) is 37.2 Å². The van der Waals surface area contributed by atoms with Crippen molar-refractivity contribution < 1.29 is 14.6 Å². The van der Waals surface area contributed by atoms with Crippen LogP contribution in [-0.2, 0) is 4.79 Å². The van der Waals surface area contributed by atoms with Crippen LogP contribution in [-0.4, -0.2) is 23.7 Å². The maximum atomic E-state index is 12.3. The Morgan fingerprint density at radius 3 is 2.71 bits per heavy atom. The number of hydrogen-bond donors (Lipinski definition) is 2. The molecule has 1 amide bonds. The number of aromatic hydroxyl groups is 1. The van der Waals surface area contributed by atoms with Crippen LogP contribution >= 0.6 is 31.9 Å². The van der Waals surface area contributed by atoms with E-state index in [1.54, 1.807) is 13.0 Å². The zero-order valence-electron chi connectivity index (χ0n) is 13.2. The second-order valence-corrected chi connectivity index (χ2v) is 7.08. The Bertz CT molecular complexity index is 705. The van der Waals surface area contributed by atoms with Crippen molar-refractivity contribution in [2.45, 2.75) is 38.6 Å². The van der Waals surface area contributed by atoms with Crippen LogP contribution < -0.4 is 10.1 Å². The van der Waals surface area contributed by atoms with Crippen LogP contribution in [0.3, 0.4) is 0 Å². The van der Waals surface area contributed by atoms with E-state index in [9.17, 15) is 15.2 Å². The summed E-state index contributed by atoms with van der Waals surface area (Å²) in [5.41, 5.74) is 0.587. The first-order chi connectivity index (χ1) is 11.5. The molecule has 0 radical (unpaired) electrons. The lowest BCUT2D eigenvalue weighted by atomic mass is 10.1. The van der Waals surface area contributed by atoms with Gasteiger partial charge >= 0.3 is 0 Å². The fraction of sp³-hybridized carbons (Fsp3) is 0.412. The number of phenols is 1. The summed E-state index contributed by atoms with van der Waals surface area (Å²) in [6, 6.07) is 3.68. The number of halogens is 2. The Balaban J connectivity index is 2.32. The van der Waals surface area contributed by atoms with Gasteiger partial charge in [0.15, 0.2) is 11.5 Å². The predicted octanol–water partition coefficient (Wildman–Crippen LogP) is 4.28. The third kappa shape index (κ3) is 4.31. The molecule has 7 heteroatoms. The van der Waals surface area contributed by atoms with E-state index in [4.69, 9.17) is 4.74 Å². The van der Waals surface area contributed by atoms with Crippen LogP contribution in [0, 0.1) is 11.3 Å². The molecule has 1 aliphatic rings. The smallest absolute Gasteiger partial charge is 0.262 e. The van der Waals surface area contributed by atoms with Gasteiger partial charge in [-0.05, 0) is 69.3 Å². The predicted molar refractivity (Wildman–Crippen MR) is 98.7 cm³/mol. The minimum Gasteiger partial charge on any atom is -0.503 e. The standard InChI is InChI=1S/C17H18Br2N2O3/c1-2-24-13-8-10(14(18)15(19)16(13)22)7-11(9-20)17(23)21-12-5-3-4-6-12/h7-8,12,22H,2-6H2,1H3,(H,21,23)/b11-7-. The van der Waals surface area contributed by atoms with Crippen LogP contribution in [0.1, 0.15) is 38.2 Å². The monoisotopic (exact) mass is 456 g/mol. The van der Waals surface area contributed by atoms with Gasteiger partial charge in [0.05, 0.1) is 11.1 Å². The Morgan fingerprint density at radius 1 is 1.46 bits per heavy atom. The summed E-state index contributed by atoms with van der Waals surface area (Å²) < 4.78 is 6.34. The first-order valence-electron chi connectivity index (χ1n) is 7.74. The number of hydrogen-bond acceptors (Lipinski definition) is 4. The number of phenolic OH excluding ortho intramolecular Hbond substituents is 1. The van der Waals surface area contributed by atoms with Gasteiger partial charge in [-0.2, -0.15) is 5.26 Å². The molecule has 0 unspecified atom stereocenters. The Hall–Kier alpha value is -1.52. The molecule has 128 valence electrons. The number of benzene rings is 1. The molecule has 0 spiro atoms. The summed E-state index contributed by atoms with van der Waals surface area (Å²) in [5, 5.41) is 22.3. The number of nitrogens with zero attached hydrogens (tertiary/aromatic N) is 1. The van der Waals surface area contributed by atoms with Crippen molar-refractivity contribution in [1.82, 2.24) is 5.32 Å². The fourth-order valence-corrected chi connectivity index (χ4v) is 3.46. The highest BCUT2D eigenvalue weighted by Crippen LogP contribution is 2.42. The van der Waals surface area contributed by atoms with E-state index in [1.165, 1.54) is 6.08 Å². The molecule has 1 aromatic rings. The van der Waals surface area contributed by atoms with E-state index in [1.807, 2.05) is 6.07 Å². The van der Waals surface area contributed by atoms with Crippen molar-refractivity contribution >= 4 is 43.8 Å². The average molecular weight is 458 g/mol. The van der Waals surface area contributed by atoms with Crippen LogP contribution in [0.4, 0.5) is 0 Å². The van der Waals surface area contributed by atoms with Crippen molar-refractivity contribution in [3.63, 3.8) is 0 Å². The number of carbonyl (C=O) groups excluding carboxylic acids is 1. The minimum atomic E-state index is -0.376. The van der Waals surface area contributed by atoms with Gasteiger partial charge in [-0.3, -0.25) is 4.79 Å². The Labute approximate surface area is 157 Å². The zero-order chi connectivity index (χ0) is 17.7. The van der Waals surface area contributed by atoms with E-state index in [0.29, 0.717) is 21.1 Å². The molecule has 0 atom stereocenters. The van der Waals surface area contributed by atoms with Gasteiger partial charge in [-0.1, -0.05) is 12.8 Å². The SMILES string of the molecule is CCOc1cc(/C=C(/C#N)C(=O)NC2CCCC2)c(Br)c(Br)c1O. The molecule has 24 heavy (non-hydrogen) atoms. The molecule has 0 bridgehead atoms. The van der Waals surface area contributed by atoms with E-state index >= 15 is 0 Å². The van der Waals surface area contributed by atoms with E-state index in [-0.39, 0.29) is 29.0 Å². The number of amides is 1. The van der Waals surface area contributed by atoms with Crippen LogP contribution in [0.5, 0.6) is 11.5 Å². The van der Waals surface area contributed by atoms with Gasteiger partial charge < -0.3 is 15.2 Å². The summed E-state index contributed by atoms with van der Waals surface area (Å²) in [6.45, 7) is 2.19. The maximum absolute atomic E-state index is 12.3. The molecule has 2 rings (SSSR count). The minimum absolute atomic E-state index is 0.0163. The zero-order valence-corrected chi connectivity index (χ0v) is 16.4. The van der Waals surface area contributed by atoms with Gasteiger partial charge in [0, 0.05) is 10.5 Å². The highest BCUT2D eigenvalue weighted by molar-refractivity contribution is 9.13. The molecule has 1 aromatic carbocycles. The largest absolute Gasteiger partial charge is 0.503 e. The van der Waals surface area contributed by atoms with Crippen LogP contribution in [0.2, 0.25) is 0 Å². The topological polar surface area (TPSA) is 82.3 Å². The first kappa shape index (κ1) is 18.8. The summed E-state index contributed by atoms with van der Waals surface area (Å²) in [7, 11) is 0. The molecule has 0 aromatic heterocycles. The number of carbonyl (C=O) groups is 1. The number of ether oxygens (including phenoxy) is 1. The molecule has 1 aliphatic carbocycles. The third-order valence-corrected chi connectivity index (χ3v) is 5.99. The molecule has 5 nitrogen and oxygen atoms in total. The second-order valence-electron chi connectivity index (χ2n) is 5.50. The van der Waals surface area contributed by atoms with Gasteiger partial charge in [-0.25, -0.2) is 0 Å². The number of rotatable bonds is 5. The lowest BCUT2D eigenvalue weighted by molar-refractivity contribution is -0.117. The van der Waals surface area contributed by atoms with Crippen molar-refractivity contribution in [2.24, 2.45) is 0 Å². The normalized spacial score (nSPS) is 15.2. The summed E-state index contributed by atoms with van der Waals surface area (Å²) >= 11 is 6.64. The first-order valence-corrected chi connectivity index (χ1v) is 9.33. The van der Waals surface area contributed by atoms with Crippen molar-refractivity contribution in [2.75, 3.05) is 6.61 Å². The van der Waals surface area contributed by atoms with Crippen LogP contribution in [0.25, 0.3) is 6.08 Å². The van der Waals surface area contributed by atoms with Gasteiger partial charge in [-0.15, -0.1) is 0 Å². The average Bonchev–Trinajstić information content (AvgIpc) is 3.07. The second kappa shape index (κ2) is 8.54. The quantitative estimate of drug-likeness (QED) is 0.510. The molecule has 0 heterocycles. The number of nitriles is 1. The highest BCUT2D eigenvalue weighted by atomic mass is 79.9. The summed E-state index contributed by atoms with van der Waals surface area (Å²) in [4.78, 5) is 12.3. The fourth-order valence-electron chi connectivity index (χ4n) is 2.62. The highest BCUT2D eigenvalue weighted by Gasteiger charge is 2.20. The molecule has 2 N–H and O–H groups in total. The molecular formula is C17H18Br2N2O3. The lowest BCUT2D eigenvalue weighted by Crippen LogP contribution is -2.33. The van der Waals surface area contributed by atoms with Gasteiger partial charge in [0.2, 0.25) is 0 Å². The molecule has 0 aliphatic heterocycles. The van der Waals surface area contributed by atoms with Crippen molar-refractivity contribution in [1.29, 1.82) is 5.26 Å². The van der Waals surface area contributed by atoms with Crippen molar-refractivity contribution in [3.05, 3.63) is 26.1 Å². The van der Waals surface area contributed by atoms with Crippen LogP contribution in [0.15, 0.2) is 20.6 Å². The van der Waals surface area contributed by atoms with Crippen molar-refractivity contribution in [3.8, 4) is 17.6 Å². The maximum Gasteiger partial charge on any atom is 0.262 e. The molecule has 1 saturated carbocycles. The van der Waals surface area contributed by atoms with Gasteiger partial charge in [0.25, 0.3) is 5.91 Å². The summed E-state index contributed by atoms with van der Waals surface area (Å²) in [5.74, 6) is -0.124. The Morgan fingerprint density at radius 2 is 2.12 bits per heavy atom. The molecule has 0 saturated heterocycles. The van der Waals surface area contributed by atoms with E-state index in [0.717, 1.165) is 25.7 Å². The Kier molecular flexibility index (Phi) is 6.69. The van der Waals surface area contributed by atoms with E-state index < -0.39 is 0 Å². The molecule has 1 fully saturated rings. The number of nitrogens with one attached hydrogen (secondary N) is 1. The molecular weight excluding hydrogens is 440 g/mol.